The highest BCUT2D eigenvalue weighted by atomic mass is 79.9. The van der Waals surface area contributed by atoms with Gasteiger partial charge in [-0.25, -0.2) is 4.98 Å². The molecule has 0 radical (unpaired) electrons. The normalized spacial score (nSPS) is 11.8. The Balaban J connectivity index is 2.10. The van der Waals surface area contributed by atoms with E-state index >= 15 is 0 Å². The van der Waals surface area contributed by atoms with Gasteiger partial charge in [-0.2, -0.15) is 5.26 Å². The second-order valence-corrected chi connectivity index (χ2v) is 12.5. The van der Waals surface area contributed by atoms with Crippen molar-refractivity contribution < 1.29 is 4.74 Å². The summed E-state index contributed by atoms with van der Waals surface area (Å²) in [7, 11) is -1.05. The van der Waals surface area contributed by atoms with E-state index in [0.29, 0.717) is 12.3 Å². The number of nitriles is 1. The Morgan fingerprint density at radius 3 is 2.85 bits per heavy atom. The second kappa shape index (κ2) is 6.08. The minimum Gasteiger partial charge on any atom is -0.361 e. The van der Waals surface area contributed by atoms with Crippen molar-refractivity contribution in [3.8, 4) is 6.07 Å². The van der Waals surface area contributed by atoms with E-state index in [0.717, 1.165) is 28.2 Å². The van der Waals surface area contributed by atoms with Crippen LogP contribution >= 0.6 is 15.9 Å². The number of nitrogens with zero attached hydrogens (tertiary/aromatic N) is 3. The molecule has 106 valence electrons. The molecule has 0 saturated heterocycles. The van der Waals surface area contributed by atoms with Gasteiger partial charge in [0.25, 0.3) is 0 Å². The maximum atomic E-state index is 8.91. The van der Waals surface area contributed by atoms with Gasteiger partial charge in [-0.15, -0.1) is 0 Å². The summed E-state index contributed by atoms with van der Waals surface area (Å²) in [6.45, 7) is 8.28. The molecule has 0 amide bonds. The van der Waals surface area contributed by atoms with Crippen LogP contribution in [0.15, 0.2) is 22.9 Å². The van der Waals surface area contributed by atoms with Crippen LogP contribution < -0.4 is 0 Å². The zero-order chi connectivity index (χ0) is 14.8. The highest BCUT2D eigenvalue weighted by molar-refractivity contribution is 9.10. The van der Waals surface area contributed by atoms with Crippen LogP contribution in [0.2, 0.25) is 25.7 Å². The molecule has 0 aliphatic heterocycles. The third kappa shape index (κ3) is 3.69. The van der Waals surface area contributed by atoms with Crippen molar-refractivity contribution in [3.63, 3.8) is 0 Å². The molecule has 0 saturated carbocycles. The topological polar surface area (TPSA) is 50.8 Å². The molecule has 6 heteroatoms. The van der Waals surface area contributed by atoms with E-state index in [-0.39, 0.29) is 0 Å². The van der Waals surface area contributed by atoms with E-state index < -0.39 is 8.07 Å². The molecule has 2 heterocycles. The molecule has 2 aromatic heterocycles. The predicted octanol–water partition coefficient (Wildman–Crippen LogP) is 3.98. The molecule has 4 nitrogen and oxygen atoms in total. The summed E-state index contributed by atoms with van der Waals surface area (Å²) in [6, 6.07) is 5.10. The average molecular weight is 352 g/mol. The number of hydrogen-bond acceptors (Lipinski definition) is 3. The Labute approximate surface area is 128 Å². The molecule has 0 fully saturated rings. The molecule has 0 N–H and O–H groups in total. The number of fused-ring (bicyclic) bond motifs is 1. The molecule has 0 unspecified atom stereocenters. The van der Waals surface area contributed by atoms with Gasteiger partial charge in [-0.3, -0.25) is 0 Å². The van der Waals surface area contributed by atoms with Crippen LogP contribution in [0.25, 0.3) is 11.0 Å². The molecule has 2 rings (SSSR count). The number of aromatic nitrogens is 2. The number of hydrogen-bond donors (Lipinski definition) is 0. The lowest BCUT2D eigenvalue weighted by Crippen LogP contribution is -2.22. The van der Waals surface area contributed by atoms with Gasteiger partial charge in [0.15, 0.2) is 0 Å². The molecular weight excluding hydrogens is 334 g/mol. The van der Waals surface area contributed by atoms with Gasteiger partial charge >= 0.3 is 0 Å². The third-order valence-corrected chi connectivity index (χ3v) is 5.36. The lowest BCUT2D eigenvalue weighted by atomic mass is 10.2. The maximum Gasteiger partial charge on any atom is 0.143 e. The summed E-state index contributed by atoms with van der Waals surface area (Å²) >= 11 is 3.50. The van der Waals surface area contributed by atoms with Crippen LogP contribution in [0, 0.1) is 11.3 Å². The van der Waals surface area contributed by atoms with Crippen LogP contribution in [-0.4, -0.2) is 24.2 Å². The number of ether oxygens (including phenoxy) is 1. The average Bonchev–Trinajstić information content (AvgIpc) is 2.70. The first-order valence-corrected chi connectivity index (χ1v) is 11.0. The number of pyridine rings is 1. The quantitative estimate of drug-likeness (QED) is 0.604. The Hall–Kier alpha value is -1.16. The van der Waals surface area contributed by atoms with Gasteiger partial charge in [0.1, 0.15) is 18.4 Å². The van der Waals surface area contributed by atoms with Gasteiger partial charge in [-0.1, -0.05) is 19.6 Å². The monoisotopic (exact) mass is 351 g/mol. The molecule has 0 aliphatic rings. The summed E-state index contributed by atoms with van der Waals surface area (Å²) in [5.41, 5.74) is 1.40. The van der Waals surface area contributed by atoms with E-state index in [2.05, 4.69) is 46.6 Å². The Morgan fingerprint density at radius 2 is 2.20 bits per heavy atom. The fourth-order valence-corrected chi connectivity index (χ4v) is 3.13. The molecule has 0 spiro atoms. The molecular formula is C14H18BrN3OSi. The van der Waals surface area contributed by atoms with E-state index in [1.165, 1.54) is 0 Å². The van der Waals surface area contributed by atoms with Crippen LogP contribution in [0.5, 0.6) is 0 Å². The highest BCUT2D eigenvalue weighted by Crippen LogP contribution is 2.25. The van der Waals surface area contributed by atoms with Crippen LogP contribution in [0.4, 0.5) is 0 Å². The van der Waals surface area contributed by atoms with Crippen molar-refractivity contribution in [3.05, 3.63) is 28.5 Å². The largest absolute Gasteiger partial charge is 0.361 e. The minimum absolute atomic E-state index is 0.492. The number of halogens is 1. The first-order chi connectivity index (χ1) is 9.40. The fourth-order valence-electron chi connectivity index (χ4n) is 1.83. The van der Waals surface area contributed by atoms with E-state index in [1.807, 2.05) is 16.8 Å². The molecule has 2 aromatic rings. The van der Waals surface area contributed by atoms with E-state index in [1.54, 1.807) is 6.20 Å². The standard InChI is InChI=1S/C14H18BrN3OSi/c1-20(2,3)5-4-19-10-18-9-13(15)12-6-11(7-16)8-17-14(12)18/h6,8-9H,4-5,10H2,1-3H3. The van der Waals surface area contributed by atoms with E-state index in [4.69, 9.17) is 10.00 Å². The van der Waals surface area contributed by atoms with Crippen molar-refractivity contribution in [2.45, 2.75) is 32.4 Å². The second-order valence-electron chi connectivity index (χ2n) is 6.00. The molecule has 20 heavy (non-hydrogen) atoms. The zero-order valence-corrected chi connectivity index (χ0v) is 14.6. The van der Waals surface area contributed by atoms with Gasteiger partial charge in [0.2, 0.25) is 0 Å². The van der Waals surface area contributed by atoms with Crippen molar-refractivity contribution in [1.29, 1.82) is 5.26 Å². The Morgan fingerprint density at radius 1 is 1.45 bits per heavy atom. The SMILES string of the molecule is C[Si](C)(C)CCOCn1cc(Br)c2cc(C#N)cnc21. The predicted molar refractivity (Wildman–Crippen MR) is 86.3 cm³/mol. The summed E-state index contributed by atoms with van der Waals surface area (Å²) in [5, 5.41) is 9.85. The van der Waals surface area contributed by atoms with Gasteiger partial charge in [-0.05, 0) is 28.0 Å². The smallest absolute Gasteiger partial charge is 0.143 e. The summed E-state index contributed by atoms with van der Waals surface area (Å²) in [5.74, 6) is 0. The Bertz CT molecular complexity index is 655. The minimum atomic E-state index is -1.05. The molecule has 0 atom stereocenters. The van der Waals surface area contributed by atoms with Gasteiger partial charge < -0.3 is 9.30 Å². The summed E-state index contributed by atoms with van der Waals surface area (Å²) in [6.07, 6.45) is 3.54. The molecule has 0 bridgehead atoms. The van der Waals surface area contributed by atoms with Crippen LogP contribution in [0.3, 0.4) is 0 Å². The van der Waals surface area contributed by atoms with Crippen molar-refractivity contribution >= 4 is 35.0 Å². The third-order valence-electron chi connectivity index (χ3n) is 3.02. The van der Waals surface area contributed by atoms with Crippen LogP contribution in [0.1, 0.15) is 5.56 Å². The maximum absolute atomic E-state index is 8.91. The number of rotatable bonds is 5. The summed E-state index contributed by atoms with van der Waals surface area (Å²) in [4.78, 5) is 4.34. The van der Waals surface area contributed by atoms with Crippen molar-refractivity contribution in [2.75, 3.05) is 6.61 Å². The van der Waals surface area contributed by atoms with E-state index in [9.17, 15) is 0 Å². The summed E-state index contributed by atoms with van der Waals surface area (Å²) < 4.78 is 8.64. The first kappa shape index (κ1) is 15.2. The lowest BCUT2D eigenvalue weighted by molar-refractivity contribution is 0.0898. The zero-order valence-electron chi connectivity index (χ0n) is 12.0. The van der Waals surface area contributed by atoms with Crippen molar-refractivity contribution in [1.82, 2.24) is 9.55 Å². The fraction of sp³-hybridized carbons (Fsp3) is 0.429. The molecule has 0 aliphatic carbocycles. The van der Waals surface area contributed by atoms with Gasteiger partial charge in [0, 0.05) is 36.9 Å². The first-order valence-electron chi connectivity index (χ1n) is 6.53. The lowest BCUT2D eigenvalue weighted by Gasteiger charge is -2.15. The van der Waals surface area contributed by atoms with Crippen LogP contribution in [-0.2, 0) is 11.5 Å². The molecule has 0 aromatic carbocycles. The Kier molecular flexibility index (Phi) is 4.63. The van der Waals surface area contributed by atoms with Gasteiger partial charge in [0.05, 0.1) is 5.56 Å². The highest BCUT2D eigenvalue weighted by Gasteiger charge is 2.13. The van der Waals surface area contributed by atoms with Crippen molar-refractivity contribution in [2.24, 2.45) is 0 Å².